The van der Waals surface area contributed by atoms with Crippen molar-refractivity contribution in [2.45, 2.75) is 20.8 Å². The van der Waals surface area contributed by atoms with Crippen molar-refractivity contribution in [3.63, 3.8) is 0 Å². The molecule has 2 heteroatoms. The smallest absolute Gasteiger partial charge is 0.194 e. The minimum Gasteiger partial charge on any atom is -0.289 e. The van der Waals surface area contributed by atoms with Gasteiger partial charge in [0.25, 0.3) is 0 Å². The standard InChI is InChI=1S/C18H18O2/c1-5-7-13-12(6-2)16(19)14-8-10-18(3,4)11-9-15(14)17(13)20/h5-11H,2H2,1,3-4H3/b7-5-. The molecule has 0 bridgehead atoms. The highest BCUT2D eigenvalue weighted by Crippen LogP contribution is 2.33. The van der Waals surface area contributed by atoms with Crippen LogP contribution in [0.15, 0.2) is 71.4 Å². The number of allylic oxidation sites excluding steroid dienone is 11. The van der Waals surface area contributed by atoms with Gasteiger partial charge in [-0.05, 0) is 6.92 Å². The van der Waals surface area contributed by atoms with Crippen molar-refractivity contribution in [3.8, 4) is 0 Å². The molecule has 102 valence electrons. The van der Waals surface area contributed by atoms with Gasteiger partial charge in [-0.25, -0.2) is 0 Å². The Morgan fingerprint density at radius 1 is 1.00 bits per heavy atom. The van der Waals surface area contributed by atoms with Crippen molar-refractivity contribution in [1.29, 1.82) is 0 Å². The van der Waals surface area contributed by atoms with Crippen LogP contribution in [0.4, 0.5) is 0 Å². The van der Waals surface area contributed by atoms with Crippen LogP contribution in [0.1, 0.15) is 20.8 Å². The molecule has 2 aliphatic carbocycles. The lowest BCUT2D eigenvalue weighted by Crippen LogP contribution is -2.21. The van der Waals surface area contributed by atoms with E-state index in [0.29, 0.717) is 22.3 Å². The Balaban J connectivity index is 2.64. The fraction of sp³-hybridized carbons (Fsp3) is 0.222. The Hall–Kier alpha value is -2.22. The summed E-state index contributed by atoms with van der Waals surface area (Å²) in [5.74, 6) is -0.257. The molecule has 0 N–H and O–H groups in total. The van der Waals surface area contributed by atoms with Crippen LogP contribution >= 0.6 is 0 Å². The Labute approximate surface area is 119 Å². The number of rotatable bonds is 2. The van der Waals surface area contributed by atoms with Crippen molar-refractivity contribution >= 4 is 11.6 Å². The van der Waals surface area contributed by atoms with Crippen molar-refractivity contribution in [2.24, 2.45) is 5.41 Å². The highest BCUT2D eigenvalue weighted by atomic mass is 16.1. The average molecular weight is 266 g/mol. The topological polar surface area (TPSA) is 34.1 Å². The molecule has 0 saturated heterocycles. The van der Waals surface area contributed by atoms with Gasteiger partial charge in [-0.15, -0.1) is 0 Å². The Kier molecular flexibility index (Phi) is 3.58. The Bertz CT molecular complexity index is 647. The van der Waals surface area contributed by atoms with Crippen LogP contribution < -0.4 is 0 Å². The molecule has 0 aromatic rings. The second kappa shape index (κ2) is 5.04. The van der Waals surface area contributed by atoms with Crippen molar-refractivity contribution in [3.05, 3.63) is 71.4 Å². The fourth-order valence-electron chi connectivity index (χ4n) is 2.30. The lowest BCUT2D eigenvalue weighted by molar-refractivity contribution is -0.115. The molecule has 0 spiro atoms. The largest absolute Gasteiger partial charge is 0.289 e. The van der Waals surface area contributed by atoms with E-state index in [-0.39, 0.29) is 17.0 Å². The van der Waals surface area contributed by atoms with Gasteiger partial charge in [-0.1, -0.05) is 63.0 Å². The molecular formula is C18H18O2. The summed E-state index contributed by atoms with van der Waals surface area (Å²) < 4.78 is 0. The molecule has 0 aliphatic heterocycles. The third-order valence-corrected chi connectivity index (χ3v) is 3.46. The van der Waals surface area contributed by atoms with Gasteiger partial charge in [0.15, 0.2) is 11.6 Å². The zero-order valence-corrected chi connectivity index (χ0v) is 12.1. The van der Waals surface area contributed by atoms with Gasteiger partial charge in [-0.3, -0.25) is 9.59 Å². The van der Waals surface area contributed by atoms with E-state index in [2.05, 4.69) is 6.58 Å². The summed E-state index contributed by atoms with van der Waals surface area (Å²) in [6.07, 6.45) is 12.3. The van der Waals surface area contributed by atoms with Crippen LogP contribution in [0.25, 0.3) is 0 Å². The minimum atomic E-state index is -0.174. The maximum atomic E-state index is 12.6. The van der Waals surface area contributed by atoms with Gasteiger partial charge in [0.05, 0.1) is 0 Å². The van der Waals surface area contributed by atoms with Gasteiger partial charge in [0, 0.05) is 27.7 Å². The molecule has 0 saturated carbocycles. The molecule has 2 rings (SSSR count). The van der Waals surface area contributed by atoms with E-state index in [1.54, 1.807) is 24.3 Å². The summed E-state index contributed by atoms with van der Waals surface area (Å²) in [5.41, 5.74) is 1.55. The van der Waals surface area contributed by atoms with Crippen molar-refractivity contribution in [2.75, 3.05) is 0 Å². The van der Waals surface area contributed by atoms with Crippen LogP contribution in [-0.2, 0) is 9.59 Å². The number of Topliss-reactive ketones (excluding diaryl/α,β-unsaturated/α-hetero) is 2. The first-order chi connectivity index (χ1) is 9.41. The van der Waals surface area contributed by atoms with Crippen LogP contribution in [0.5, 0.6) is 0 Å². The van der Waals surface area contributed by atoms with Gasteiger partial charge in [0.1, 0.15) is 0 Å². The normalized spacial score (nSPS) is 21.6. The predicted molar refractivity (Wildman–Crippen MR) is 81.1 cm³/mol. The number of carbonyl (C=O) groups excluding carboxylic acids is 2. The summed E-state index contributed by atoms with van der Waals surface area (Å²) in [6, 6.07) is 0. The van der Waals surface area contributed by atoms with Gasteiger partial charge in [0.2, 0.25) is 0 Å². The van der Waals surface area contributed by atoms with Crippen LogP contribution in [0.3, 0.4) is 0 Å². The average Bonchev–Trinajstić information content (AvgIpc) is 2.55. The molecule has 0 radical (unpaired) electrons. The lowest BCUT2D eigenvalue weighted by atomic mass is 9.83. The monoisotopic (exact) mass is 266 g/mol. The maximum Gasteiger partial charge on any atom is 0.194 e. The molecule has 0 aromatic heterocycles. The molecule has 0 aromatic carbocycles. The number of ketones is 2. The van der Waals surface area contributed by atoms with E-state index in [4.69, 9.17) is 0 Å². The SMILES string of the molecule is C=CC1=C(/C=C\C)C(=O)C2=C(C=CC(C)(C)C=C2)C1=O. The molecule has 20 heavy (non-hydrogen) atoms. The first-order valence-corrected chi connectivity index (χ1v) is 6.63. The molecule has 0 heterocycles. The van der Waals surface area contributed by atoms with Gasteiger partial charge in [-0.2, -0.15) is 0 Å². The minimum absolute atomic E-state index is 0.119. The van der Waals surface area contributed by atoms with E-state index in [0.717, 1.165) is 0 Å². The first-order valence-electron chi connectivity index (χ1n) is 6.63. The van der Waals surface area contributed by atoms with E-state index in [1.807, 2.05) is 32.9 Å². The molecule has 2 nitrogen and oxygen atoms in total. The zero-order chi connectivity index (χ0) is 14.9. The molecule has 0 fully saturated rings. The third kappa shape index (κ3) is 2.29. The van der Waals surface area contributed by atoms with Crippen molar-refractivity contribution in [1.82, 2.24) is 0 Å². The summed E-state index contributed by atoms with van der Waals surface area (Å²) in [5, 5.41) is 0. The highest BCUT2D eigenvalue weighted by Gasteiger charge is 2.31. The summed E-state index contributed by atoms with van der Waals surface area (Å²) in [4.78, 5) is 25.1. The predicted octanol–water partition coefficient (Wildman–Crippen LogP) is 3.65. The summed E-state index contributed by atoms with van der Waals surface area (Å²) in [7, 11) is 0. The third-order valence-electron chi connectivity index (χ3n) is 3.46. The maximum absolute atomic E-state index is 12.6. The lowest BCUT2D eigenvalue weighted by Gasteiger charge is -2.17. The quantitative estimate of drug-likeness (QED) is 0.715. The highest BCUT2D eigenvalue weighted by molar-refractivity contribution is 6.29. The number of carbonyl (C=O) groups is 2. The zero-order valence-electron chi connectivity index (χ0n) is 12.1. The van der Waals surface area contributed by atoms with Crippen LogP contribution in [-0.4, -0.2) is 11.6 Å². The van der Waals surface area contributed by atoms with E-state index < -0.39 is 0 Å². The van der Waals surface area contributed by atoms with E-state index in [1.165, 1.54) is 6.08 Å². The van der Waals surface area contributed by atoms with Gasteiger partial charge < -0.3 is 0 Å². The van der Waals surface area contributed by atoms with E-state index >= 15 is 0 Å². The van der Waals surface area contributed by atoms with Crippen molar-refractivity contribution < 1.29 is 9.59 Å². The second-order valence-corrected chi connectivity index (χ2v) is 5.51. The Morgan fingerprint density at radius 3 is 1.95 bits per heavy atom. The number of hydrogen-bond acceptors (Lipinski definition) is 2. The van der Waals surface area contributed by atoms with Gasteiger partial charge >= 0.3 is 0 Å². The second-order valence-electron chi connectivity index (χ2n) is 5.51. The van der Waals surface area contributed by atoms with Crippen LogP contribution in [0, 0.1) is 5.41 Å². The Morgan fingerprint density at radius 2 is 1.50 bits per heavy atom. The first kappa shape index (κ1) is 14.2. The van der Waals surface area contributed by atoms with Crippen LogP contribution in [0.2, 0.25) is 0 Å². The summed E-state index contributed by atoms with van der Waals surface area (Å²) >= 11 is 0. The fourth-order valence-corrected chi connectivity index (χ4v) is 2.30. The molecular weight excluding hydrogens is 248 g/mol. The molecule has 0 unspecified atom stereocenters. The summed E-state index contributed by atoms with van der Waals surface area (Å²) in [6.45, 7) is 9.54. The van der Waals surface area contributed by atoms with E-state index in [9.17, 15) is 9.59 Å². The molecule has 0 amide bonds. The molecule has 2 aliphatic rings. The molecule has 0 atom stereocenters. The number of hydrogen-bond donors (Lipinski definition) is 0.